The Hall–Kier alpha value is -0.820. The number of thiazole rings is 1. The third kappa shape index (κ3) is 3.10. The SMILES string of the molecule is CN1CCCN(c2ncc(C(F)(F)F)s2)CC1. The quantitative estimate of drug-likeness (QED) is 0.776. The maximum atomic E-state index is 12.5. The second kappa shape index (κ2) is 4.81. The lowest BCUT2D eigenvalue weighted by Crippen LogP contribution is -2.28. The van der Waals surface area contributed by atoms with E-state index in [1.165, 1.54) is 0 Å². The smallest absolute Gasteiger partial charge is 0.347 e. The Labute approximate surface area is 102 Å². The molecule has 0 aliphatic carbocycles. The molecular formula is C10H14F3N3S. The summed E-state index contributed by atoms with van der Waals surface area (Å²) in [6, 6.07) is 0. The molecule has 0 amide bonds. The lowest BCUT2D eigenvalue weighted by molar-refractivity contribution is -0.134. The first kappa shape index (κ1) is 12.6. The van der Waals surface area contributed by atoms with Crippen molar-refractivity contribution in [2.24, 2.45) is 0 Å². The van der Waals surface area contributed by atoms with Gasteiger partial charge in [-0.25, -0.2) is 4.98 Å². The van der Waals surface area contributed by atoms with E-state index >= 15 is 0 Å². The minimum atomic E-state index is -4.28. The number of rotatable bonds is 1. The number of alkyl halides is 3. The third-order valence-electron chi connectivity index (χ3n) is 2.76. The maximum Gasteiger partial charge on any atom is 0.427 e. The van der Waals surface area contributed by atoms with Crippen LogP contribution in [-0.2, 0) is 6.18 Å². The molecule has 96 valence electrons. The zero-order valence-electron chi connectivity index (χ0n) is 9.50. The molecule has 0 radical (unpaired) electrons. The molecule has 1 aromatic heterocycles. The minimum Gasteiger partial charge on any atom is -0.347 e. The van der Waals surface area contributed by atoms with Crippen molar-refractivity contribution in [2.45, 2.75) is 12.6 Å². The van der Waals surface area contributed by atoms with Crippen LogP contribution in [0.4, 0.5) is 18.3 Å². The van der Waals surface area contributed by atoms with E-state index in [9.17, 15) is 13.2 Å². The number of hydrogen-bond acceptors (Lipinski definition) is 4. The highest BCUT2D eigenvalue weighted by Gasteiger charge is 2.34. The lowest BCUT2D eigenvalue weighted by Gasteiger charge is -2.19. The summed E-state index contributed by atoms with van der Waals surface area (Å²) < 4.78 is 37.4. The van der Waals surface area contributed by atoms with Crippen LogP contribution in [0.15, 0.2) is 6.20 Å². The molecule has 0 atom stereocenters. The van der Waals surface area contributed by atoms with E-state index in [4.69, 9.17) is 0 Å². The second-order valence-electron chi connectivity index (χ2n) is 4.15. The Morgan fingerprint density at radius 1 is 1.24 bits per heavy atom. The summed E-state index contributed by atoms with van der Waals surface area (Å²) in [5.41, 5.74) is 0. The number of halogens is 3. The van der Waals surface area contributed by atoms with Gasteiger partial charge in [-0.2, -0.15) is 13.2 Å². The summed E-state index contributed by atoms with van der Waals surface area (Å²) >= 11 is 0.728. The Morgan fingerprint density at radius 3 is 2.65 bits per heavy atom. The number of hydrogen-bond donors (Lipinski definition) is 0. The standard InChI is InChI=1S/C10H14F3N3S/c1-15-3-2-4-16(6-5-15)9-14-7-8(17-9)10(11,12)13/h7H,2-6H2,1H3. The van der Waals surface area contributed by atoms with Crippen molar-refractivity contribution in [3.05, 3.63) is 11.1 Å². The molecule has 0 bridgehead atoms. The Kier molecular flexibility index (Phi) is 3.58. The molecule has 0 saturated carbocycles. The monoisotopic (exact) mass is 265 g/mol. The zero-order valence-corrected chi connectivity index (χ0v) is 10.3. The fourth-order valence-electron chi connectivity index (χ4n) is 1.78. The van der Waals surface area contributed by atoms with Gasteiger partial charge in [-0.05, 0) is 20.0 Å². The first-order valence-electron chi connectivity index (χ1n) is 5.43. The molecule has 0 N–H and O–H groups in total. The maximum absolute atomic E-state index is 12.5. The van der Waals surface area contributed by atoms with Crippen molar-refractivity contribution in [1.82, 2.24) is 9.88 Å². The topological polar surface area (TPSA) is 19.4 Å². The highest BCUT2D eigenvalue weighted by molar-refractivity contribution is 7.15. The second-order valence-corrected chi connectivity index (χ2v) is 5.16. The van der Waals surface area contributed by atoms with Gasteiger partial charge in [0.1, 0.15) is 4.88 Å². The van der Waals surface area contributed by atoms with Crippen LogP contribution in [0.1, 0.15) is 11.3 Å². The van der Waals surface area contributed by atoms with Crippen molar-refractivity contribution < 1.29 is 13.2 Å². The molecular weight excluding hydrogens is 251 g/mol. The molecule has 0 spiro atoms. The van der Waals surface area contributed by atoms with E-state index < -0.39 is 11.1 Å². The van der Waals surface area contributed by atoms with Gasteiger partial charge >= 0.3 is 6.18 Å². The predicted octanol–water partition coefficient (Wildman–Crippen LogP) is 2.30. The van der Waals surface area contributed by atoms with Crippen LogP contribution in [-0.4, -0.2) is 43.1 Å². The lowest BCUT2D eigenvalue weighted by atomic mass is 10.4. The molecule has 1 saturated heterocycles. The van der Waals surface area contributed by atoms with Gasteiger partial charge < -0.3 is 9.80 Å². The molecule has 7 heteroatoms. The highest BCUT2D eigenvalue weighted by Crippen LogP contribution is 2.36. The summed E-state index contributed by atoms with van der Waals surface area (Å²) in [6.45, 7) is 3.35. The molecule has 2 heterocycles. The van der Waals surface area contributed by atoms with E-state index in [-0.39, 0.29) is 0 Å². The van der Waals surface area contributed by atoms with Crippen LogP contribution in [0.25, 0.3) is 0 Å². The van der Waals surface area contributed by atoms with E-state index in [2.05, 4.69) is 9.88 Å². The van der Waals surface area contributed by atoms with Crippen molar-refractivity contribution in [1.29, 1.82) is 0 Å². The van der Waals surface area contributed by atoms with Crippen LogP contribution >= 0.6 is 11.3 Å². The summed E-state index contributed by atoms with van der Waals surface area (Å²) in [6.07, 6.45) is -2.40. The average molecular weight is 265 g/mol. The minimum absolute atomic E-state index is 0.479. The van der Waals surface area contributed by atoms with Gasteiger partial charge in [-0.1, -0.05) is 11.3 Å². The van der Waals surface area contributed by atoms with Gasteiger partial charge in [0, 0.05) is 19.6 Å². The molecule has 1 fully saturated rings. The van der Waals surface area contributed by atoms with E-state index in [1.807, 2.05) is 11.9 Å². The largest absolute Gasteiger partial charge is 0.427 e. The van der Waals surface area contributed by atoms with Crippen LogP contribution in [0.2, 0.25) is 0 Å². The molecule has 3 nitrogen and oxygen atoms in total. The third-order valence-corrected chi connectivity index (χ3v) is 3.87. The first-order valence-corrected chi connectivity index (χ1v) is 6.25. The van der Waals surface area contributed by atoms with Gasteiger partial charge in [0.25, 0.3) is 0 Å². The fraction of sp³-hybridized carbons (Fsp3) is 0.700. The van der Waals surface area contributed by atoms with Crippen molar-refractivity contribution in [3.8, 4) is 0 Å². The van der Waals surface area contributed by atoms with Gasteiger partial charge in [-0.3, -0.25) is 0 Å². The highest BCUT2D eigenvalue weighted by atomic mass is 32.1. The predicted molar refractivity (Wildman–Crippen MR) is 61.4 cm³/mol. The summed E-state index contributed by atoms with van der Waals surface area (Å²) in [5.74, 6) is 0. The Morgan fingerprint density at radius 2 is 2.00 bits per heavy atom. The van der Waals surface area contributed by atoms with Crippen molar-refractivity contribution in [3.63, 3.8) is 0 Å². The first-order chi connectivity index (χ1) is 7.97. The summed E-state index contributed by atoms with van der Waals surface area (Å²) in [7, 11) is 2.02. The Balaban J connectivity index is 2.09. The van der Waals surface area contributed by atoms with Crippen LogP contribution < -0.4 is 4.90 Å². The number of aromatic nitrogens is 1. The van der Waals surface area contributed by atoms with Crippen LogP contribution in [0.3, 0.4) is 0 Å². The molecule has 1 aliphatic rings. The van der Waals surface area contributed by atoms with Crippen molar-refractivity contribution >= 4 is 16.5 Å². The molecule has 0 unspecified atom stereocenters. The van der Waals surface area contributed by atoms with Crippen molar-refractivity contribution in [2.75, 3.05) is 38.1 Å². The summed E-state index contributed by atoms with van der Waals surface area (Å²) in [4.78, 5) is 7.37. The molecule has 2 rings (SSSR count). The molecule has 17 heavy (non-hydrogen) atoms. The van der Waals surface area contributed by atoms with Crippen LogP contribution in [0, 0.1) is 0 Å². The van der Waals surface area contributed by atoms with Gasteiger partial charge in [0.2, 0.25) is 0 Å². The zero-order chi connectivity index (χ0) is 12.5. The molecule has 1 aliphatic heterocycles. The van der Waals surface area contributed by atoms with Gasteiger partial charge in [0.15, 0.2) is 5.13 Å². The van der Waals surface area contributed by atoms with Gasteiger partial charge in [-0.15, -0.1) is 0 Å². The number of nitrogens with zero attached hydrogens (tertiary/aromatic N) is 3. The van der Waals surface area contributed by atoms with E-state index in [0.717, 1.165) is 50.1 Å². The fourth-order valence-corrected chi connectivity index (χ4v) is 2.61. The molecule has 0 aromatic carbocycles. The number of anilines is 1. The average Bonchev–Trinajstić information content (AvgIpc) is 2.63. The normalized spacial score (nSPS) is 19.4. The number of likely N-dealkylation sites (N-methyl/N-ethyl adjacent to an activating group) is 1. The molecule has 1 aromatic rings. The van der Waals surface area contributed by atoms with Gasteiger partial charge in [0.05, 0.1) is 6.20 Å². The van der Waals surface area contributed by atoms with Crippen LogP contribution in [0.5, 0.6) is 0 Å². The Bertz CT molecular complexity index is 377. The van der Waals surface area contributed by atoms with E-state index in [1.54, 1.807) is 0 Å². The van der Waals surface area contributed by atoms with E-state index in [0.29, 0.717) is 5.13 Å². The summed E-state index contributed by atoms with van der Waals surface area (Å²) in [5, 5.41) is 0.479.